The predicted octanol–water partition coefficient (Wildman–Crippen LogP) is 5.58. The van der Waals surface area contributed by atoms with Crippen molar-refractivity contribution in [2.45, 2.75) is 39.3 Å². The molecule has 0 fully saturated rings. The number of carbonyl (C=O) groups is 2. The van der Waals surface area contributed by atoms with Gasteiger partial charge in [-0.15, -0.1) is 11.3 Å². The Labute approximate surface area is 199 Å². The lowest BCUT2D eigenvalue weighted by Crippen LogP contribution is -2.47. The van der Waals surface area contributed by atoms with Gasteiger partial charge >= 0.3 is 12.1 Å². The summed E-state index contributed by atoms with van der Waals surface area (Å²) in [7, 11) is 1.33. The molecule has 0 radical (unpaired) electrons. The first-order valence-corrected chi connectivity index (χ1v) is 11.9. The molecule has 0 spiro atoms. The van der Waals surface area contributed by atoms with Crippen molar-refractivity contribution in [3.8, 4) is 10.6 Å². The average Bonchev–Trinajstić information content (AvgIpc) is 3.31. The molecule has 0 N–H and O–H groups in total. The van der Waals surface area contributed by atoms with Gasteiger partial charge < -0.3 is 9.47 Å². The zero-order valence-corrected chi connectivity index (χ0v) is 20.1. The van der Waals surface area contributed by atoms with Crippen molar-refractivity contribution in [3.63, 3.8) is 0 Å². The van der Waals surface area contributed by atoms with E-state index in [4.69, 9.17) is 14.5 Å². The Bertz CT molecular complexity index is 1020. The van der Waals surface area contributed by atoms with Crippen LogP contribution in [0, 0.1) is 5.92 Å². The molecule has 3 aromatic rings. The highest BCUT2D eigenvalue weighted by atomic mass is 32.1. The Morgan fingerprint density at radius 1 is 1.03 bits per heavy atom. The standard InChI is InChI=1S/C26H30N2O4S/c1-19(2)16-23(25(29)32-17-20-10-6-4-7-11-20)28(26(30)31-3)15-14-22-18-33-24(27-22)21-12-8-5-9-13-21/h4-13,18-19,23H,14-17H2,1-3H3. The van der Waals surface area contributed by atoms with E-state index in [1.165, 1.54) is 12.0 Å². The number of aromatic nitrogens is 1. The largest absolute Gasteiger partial charge is 0.459 e. The van der Waals surface area contributed by atoms with Crippen molar-refractivity contribution in [1.82, 2.24) is 9.88 Å². The van der Waals surface area contributed by atoms with Gasteiger partial charge in [0.2, 0.25) is 0 Å². The van der Waals surface area contributed by atoms with Crippen LogP contribution in [-0.2, 0) is 27.3 Å². The molecule has 0 aliphatic carbocycles. The van der Waals surface area contributed by atoms with Gasteiger partial charge in [-0.1, -0.05) is 74.5 Å². The second-order valence-corrected chi connectivity index (χ2v) is 9.02. The minimum absolute atomic E-state index is 0.163. The Kier molecular flexibility index (Phi) is 9.01. The highest BCUT2D eigenvalue weighted by Crippen LogP contribution is 2.24. The number of amides is 1. The molecule has 1 amide bonds. The maximum Gasteiger partial charge on any atom is 0.410 e. The van der Waals surface area contributed by atoms with Crippen LogP contribution in [0.2, 0.25) is 0 Å². The van der Waals surface area contributed by atoms with Gasteiger partial charge in [0.1, 0.15) is 17.7 Å². The van der Waals surface area contributed by atoms with Crippen molar-refractivity contribution in [3.05, 3.63) is 77.3 Å². The number of esters is 1. The van der Waals surface area contributed by atoms with Crippen LogP contribution in [0.25, 0.3) is 10.6 Å². The highest BCUT2D eigenvalue weighted by Gasteiger charge is 2.32. The molecular weight excluding hydrogens is 436 g/mol. The van der Waals surface area contributed by atoms with Gasteiger partial charge in [0.05, 0.1) is 12.8 Å². The van der Waals surface area contributed by atoms with E-state index < -0.39 is 18.1 Å². The summed E-state index contributed by atoms with van der Waals surface area (Å²) < 4.78 is 10.6. The molecule has 1 atom stereocenters. The molecular formula is C26H30N2O4S. The van der Waals surface area contributed by atoms with E-state index in [0.29, 0.717) is 19.4 Å². The fourth-order valence-corrected chi connectivity index (χ4v) is 4.34. The highest BCUT2D eigenvalue weighted by molar-refractivity contribution is 7.13. The van der Waals surface area contributed by atoms with Gasteiger partial charge in [-0.25, -0.2) is 14.6 Å². The Morgan fingerprint density at radius 2 is 1.70 bits per heavy atom. The molecule has 1 aromatic heterocycles. The fraction of sp³-hybridized carbons (Fsp3) is 0.346. The van der Waals surface area contributed by atoms with Crippen LogP contribution in [0.5, 0.6) is 0 Å². The zero-order valence-electron chi connectivity index (χ0n) is 19.3. The maximum absolute atomic E-state index is 13.0. The summed E-state index contributed by atoms with van der Waals surface area (Å²) >= 11 is 1.56. The number of hydrogen-bond donors (Lipinski definition) is 0. The van der Waals surface area contributed by atoms with Crippen molar-refractivity contribution in [1.29, 1.82) is 0 Å². The summed E-state index contributed by atoms with van der Waals surface area (Å²) in [5.41, 5.74) is 2.82. The van der Waals surface area contributed by atoms with Crippen molar-refractivity contribution in [2.75, 3.05) is 13.7 Å². The number of thiazole rings is 1. The molecule has 7 heteroatoms. The third-order valence-corrected chi connectivity index (χ3v) is 6.10. The van der Waals surface area contributed by atoms with Gasteiger partial charge in [0.15, 0.2) is 0 Å². The van der Waals surface area contributed by atoms with E-state index >= 15 is 0 Å². The number of ether oxygens (including phenoxy) is 2. The summed E-state index contributed by atoms with van der Waals surface area (Å²) in [5, 5.41) is 2.92. The molecule has 1 unspecified atom stereocenters. The van der Waals surface area contributed by atoms with Gasteiger partial charge in [0, 0.05) is 23.9 Å². The molecule has 0 aliphatic heterocycles. The minimum atomic E-state index is -0.728. The zero-order chi connectivity index (χ0) is 23.6. The second-order valence-electron chi connectivity index (χ2n) is 8.16. The summed E-state index contributed by atoms with van der Waals surface area (Å²) in [6, 6.07) is 18.7. The molecule has 3 rings (SSSR count). The van der Waals surface area contributed by atoms with Crippen LogP contribution < -0.4 is 0 Å². The lowest BCUT2D eigenvalue weighted by molar-refractivity contribution is -0.151. The lowest BCUT2D eigenvalue weighted by Gasteiger charge is -2.30. The van der Waals surface area contributed by atoms with E-state index in [1.54, 1.807) is 11.3 Å². The predicted molar refractivity (Wildman–Crippen MR) is 130 cm³/mol. The summed E-state index contributed by atoms with van der Waals surface area (Å²) in [5.74, 6) is -0.239. The van der Waals surface area contributed by atoms with Crippen molar-refractivity contribution >= 4 is 23.4 Å². The van der Waals surface area contributed by atoms with E-state index in [2.05, 4.69) is 0 Å². The second kappa shape index (κ2) is 12.2. The Morgan fingerprint density at radius 3 is 2.33 bits per heavy atom. The summed E-state index contributed by atoms with van der Waals surface area (Å²) in [6.07, 6.45) is 0.449. The number of rotatable bonds is 10. The number of methoxy groups -OCH3 is 1. The molecule has 33 heavy (non-hydrogen) atoms. The third-order valence-electron chi connectivity index (χ3n) is 5.16. The van der Waals surface area contributed by atoms with Crippen LogP contribution in [0.1, 0.15) is 31.5 Å². The Balaban J connectivity index is 1.71. The van der Waals surface area contributed by atoms with Gasteiger partial charge in [0.25, 0.3) is 0 Å². The first-order chi connectivity index (χ1) is 16.0. The van der Waals surface area contributed by atoms with Crippen LogP contribution in [0.4, 0.5) is 4.79 Å². The van der Waals surface area contributed by atoms with E-state index in [1.807, 2.05) is 79.9 Å². The molecule has 0 saturated carbocycles. The van der Waals surface area contributed by atoms with E-state index in [0.717, 1.165) is 21.8 Å². The molecule has 2 aromatic carbocycles. The monoisotopic (exact) mass is 466 g/mol. The first-order valence-electron chi connectivity index (χ1n) is 11.0. The molecule has 174 valence electrons. The van der Waals surface area contributed by atoms with Crippen molar-refractivity contribution in [2.24, 2.45) is 5.92 Å². The smallest absolute Gasteiger partial charge is 0.410 e. The quantitative estimate of drug-likeness (QED) is 0.365. The first kappa shape index (κ1) is 24.5. The van der Waals surface area contributed by atoms with Gasteiger partial charge in [-0.05, 0) is 17.9 Å². The fourth-order valence-electron chi connectivity index (χ4n) is 3.48. The number of nitrogens with zero attached hydrogens (tertiary/aromatic N) is 2. The normalized spacial score (nSPS) is 11.8. The minimum Gasteiger partial charge on any atom is -0.459 e. The van der Waals surface area contributed by atoms with Crippen LogP contribution in [0.3, 0.4) is 0 Å². The van der Waals surface area contributed by atoms with Crippen LogP contribution in [-0.4, -0.2) is 41.6 Å². The average molecular weight is 467 g/mol. The molecule has 1 heterocycles. The molecule has 6 nitrogen and oxygen atoms in total. The Hall–Kier alpha value is -3.19. The number of carbonyl (C=O) groups excluding carboxylic acids is 2. The van der Waals surface area contributed by atoms with Gasteiger partial charge in [-0.2, -0.15) is 0 Å². The number of benzene rings is 2. The molecule has 0 saturated heterocycles. The topological polar surface area (TPSA) is 68.7 Å². The van der Waals surface area contributed by atoms with E-state index in [9.17, 15) is 9.59 Å². The SMILES string of the molecule is COC(=O)N(CCc1csc(-c2ccccc2)n1)C(CC(C)C)C(=O)OCc1ccccc1. The molecule has 0 bridgehead atoms. The van der Waals surface area contributed by atoms with Gasteiger partial charge in [-0.3, -0.25) is 4.90 Å². The lowest BCUT2D eigenvalue weighted by atomic mass is 10.0. The third kappa shape index (κ3) is 7.15. The summed E-state index contributed by atoms with van der Waals surface area (Å²) in [4.78, 5) is 31.8. The van der Waals surface area contributed by atoms with Crippen LogP contribution in [0.15, 0.2) is 66.0 Å². The molecule has 0 aliphatic rings. The summed E-state index contributed by atoms with van der Waals surface area (Å²) in [6.45, 7) is 4.50. The number of hydrogen-bond acceptors (Lipinski definition) is 6. The maximum atomic E-state index is 13.0. The van der Waals surface area contributed by atoms with Crippen LogP contribution >= 0.6 is 11.3 Å². The van der Waals surface area contributed by atoms with E-state index in [-0.39, 0.29) is 12.5 Å². The van der Waals surface area contributed by atoms with Crippen molar-refractivity contribution < 1.29 is 19.1 Å².